The van der Waals surface area contributed by atoms with Gasteiger partial charge in [0.05, 0.1) is 6.20 Å². The number of aromatic nitrogens is 2. The van der Waals surface area contributed by atoms with E-state index in [2.05, 4.69) is 20.0 Å². The molecule has 0 unspecified atom stereocenters. The summed E-state index contributed by atoms with van der Waals surface area (Å²) in [6, 6.07) is 1.50. The Morgan fingerprint density at radius 2 is 2.16 bits per heavy atom. The molecule has 7 nitrogen and oxygen atoms in total. The lowest BCUT2D eigenvalue weighted by Crippen LogP contribution is -2.44. The van der Waals surface area contributed by atoms with Crippen molar-refractivity contribution in [1.29, 1.82) is 0 Å². The molecule has 0 saturated carbocycles. The maximum atomic E-state index is 12.0. The summed E-state index contributed by atoms with van der Waals surface area (Å²) in [5.74, 6) is 0. The van der Waals surface area contributed by atoms with Crippen LogP contribution in [0.2, 0.25) is 0 Å². The predicted octanol–water partition coefficient (Wildman–Crippen LogP) is -1.01. The molecule has 0 radical (unpaired) electrons. The lowest BCUT2D eigenvalue weighted by Gasteiger charge is -2.27. The van der Waals surface area contributed by atoms with Gasteiger partial charge >= 0.3 is 0 Å². The summed E-state index contributed by atoms with van der Waals surface area (Å²) >= 11 is 0. The summed E-state index contributed by atoms with van der Waals surface area (Å²) < 4.78 is 27.9. The molecule has 1 aliphatic rings. The van der Waals surface area contributed by atoms with E-state index in [0.717, 1.165) is 39.1 Å². The van der Waals surface area contributed by atoms with Crippen LogP contribution >= 0.6 is 0 Å². The molecule has 2 rings (SSSR count). The molecule has 1 aromatic heterocycles. The van der Waals surface area contributed by atoms with E-state index in [-0.39, 0.29) is 5.03 Å². The molecule has 1 fully saturated rings. The van der Waals surface area contributed by atoms with E-state index < -0.39 is 10.0 Å². The molecule has 8 heteroatoms. The molecule has 0 aliphatic carbocycles. The Balaban J connectivity index is 1.74. The summed E-state index contributed by atoms with van der Waals surface area (Å²) in [5, 5.41) is 7.36. The molecule has 0 spiro atoms. The fraction of sp³-hybridized carbons (Fsp3) is 0.727. The van der Waals surface area contributed by atoms with Crippen molar-refractivity contribution in [3.8, 4) is 0 Å². The number of hydrogen-bond acceptors (Lipinski definition) is 5. The van der Waals surface area contributed by atoms with Crippen molar-refractivity contribution >= 4 is 10.0 Å². The first-order valence-corrected chi connectivity index (χ1v) is 7.99. The van der Waals surface area contributed by atoms with Crippen LogP contribution in [0.5, 0.6) is 0 Å². The van der Waals surface area contributed by atoms with Gasteiger partial charge in [0.15, 0.2) is 5.03 Å². The minimum absolute atomic E-state index is 0.203. The maximum Gasteiger partial charge on any atom is 0.257 e. The molecule has 108 valence electrons. The second-order valence-electron chi connectivity index (χ2n) is 4.64. The maximum absolute atomic E-state index is 12.0. The van der Waals surface area contributed by atoms with Gasteiger partial charge in [-0.3, -0.25) is 4.68 Å². The highest BCUT2D eigenvalue weighted by atomic mass is 32.2. The molecule has 19 heavy (non-hydrogen) atoms. The van der Waals surface area contributed by atoms with Crippen LogP contribution in [0, 0.1) is 0 Å². The molecule has 2 heterocycles. The van der Waals surface area contributed by atoms with Crippen molar-refractivity contribution in [2.24, 2.45) is 7.05 Å². The molecular formula is C11H21N5O2S. The molecule has 0 amide bonds. The van der Waals surface area contributed by atoms with Gasteiger partial charge in [0, 0.05) is 39.8 Å². The minimum Gasteiger partial charge on any atom is -0.314 e. The van der Waals surface area contributed by atoms with Gasteiger partial charge in [-0.15, -0.1) is 0 Å². The van der Waals surface area contributed by atoms with Crippen molar-refractivity contribution in [3.05, 3.63) is 12.3 Å². The molecule has 0 aromatic carbocycles. The van der Waals surface area contributed by atoms with Crippen LogP contribution in [0.25, 0.3) is 0 Å². The van der Waals surface area contributed by atoms with Crippen molar-refractivity contribution in [1.82, 2.24) is 24.7 Å². The highest BCUT2D eigenvalue weighted by Gasteiger charge is 2.17. The largest absolute Gasteiger partial charge is 0.314 e. The third-order valence-electron chi connectivity index (χ3n) is 3.20. The van der Waals surface area contributed by atoms with Crippen LogP contribution in [-0.4, -0.2) is 62.4 Å². The summed E-state index contributed by atoms with van der Waals surface area (Å²) in [6.45, 7) is 5.48. The van der Waals surface area contributed by atoms with Crippen molar-refractivity contribution < 1.29 is 8.42 Å². The van der Waals surface area contributed by atoms with Crippen LogP contribution in [0.15, 0.2) is 17.3 Å². The van der Waals surface area contributed by atoms with Crippen molar-refractivity contribution in [3.63, 3.8) is 0 Å². The van der Waals surface area contributed by atoms with Gasteiger partial charge in [0.2, 0.25) is 0 Å². The number of nitrogens with one attached hydrogen (secondary N) is 2. The Morgan fingerprint density at radius 1 is 1.42 bits per heavy atom. The third-order valence-corrected chi connectivity index (χ3v) is 4.74. The Bertz CT molecular complexity index is 493. The number of rotatable bonds is 6. The van der Waals surface area contributed by atoms with E-state index in [9.17, 15) is 8.42 Å². The SMILES string of the molecule is Cn1nccc1S(=O)(=O)NCCCN1CCNCC1. The molecule has 0 atom stereocenters. The van der Waals surface area contributed by atoms with E-state index >= 15 is 0 Å². The lowest BCUT2D eigenvalue weighted by atomic mass is 10.3. The predicted molar refractivity (Wildman–Crippen MR) is 72.3 cm³/mol. The van der Waals surface area contributed by atoms with Crippen LogP contribution in [-0.2, 0) is 17.1 Å². The molecule has 1 saturated heterocycles. The van der Waals surface area contributed by atoms with E-state index in [1.807, 2.05) is 0 Å². The summed E-state index contributed by atoms with van der Waals surface area (Å²) in [6.07, 6.45) is 2.30. The zero-order valence-corrected chi connectivity index (χ0v) is 12.0. The topological polar surface area (TPSA) is 79.3 Å². The Hall–Kier alpha value is -0.960. The van der Waals surface area contributed by atoms with Gasteiger partial charge in [0.25, 0.3) is 10.0 Å². The number of sulfonamides is 1. The highest BCUT2D eigenvalue weighted by Crippen LogP contribution is 2.05. The van der Waals surface area contributed by atoms with E-state index in [1.165, 1.54) is 16.9 Å². The minimum atomic E-state index is -3.43. The zero-order chi connectivity index (χ0) is 13.7. The first kappa shape index (κ1) is 14.4. The first-order chi connectivity index (χ1) is 9.09. The van der Waals surface area contributed by atoms with Gasteiger partial charge in [-0.1, -0.05) is 0 Å². The second-order valence-corrected chi connectivity index (χ2v) is 6.35. The Labute approximate surface area is 114 Å². The number of nitrogens with zero attached hydrogens (tertiary/aromatic N) is 3. The second kappa shape index (κ2) is 6.47. The number of piperazine rings is 1. The molecule has 1 aliphatic heterocycles. The lowest BCUT2D eigenvalue weighted by molar-refractivity contribution is 0.239. The van der Waals surface area contributed by atoms with Crippen molar-refractivity contribution in [2.75, 3.05) is 39.3 Å². The smallest absolute Gasteiger partial charge is 0.257 e. The van der Waals surface area contributed by atoms with Gasteiger partial charge in [-0.25, -0.2) is 13.1 Å². The summed E-state index contributed by atoms with van der Waals surface area (Å²) in [7, 11) is -1.81. The van der Waals surface area contributed by atoms with Crippen LogP contribution in [0.1, 0.15) is 6.42 Å². The third kappa shape index (κ3) is 4.00. The van der Waals surface area contributed by atoms with Crippen LogP contribution in [0.3, 0.4) is 0 Å². The average molecular weight is 287 g/mol. The molecule has 2 N–H and O–H groups in total. The van der Waals surface area contributed by atoms with E-state index in [1.54, 1.807) is 7.05 Å². The molecule has 1 aromatic rings. The van der Waals surface area contributed by atoms with Gasteiger partial charge < -0.3 is 10.2 Å². The fourth-order valence-electron chi connectivity index (χ4n) is 2.14. The standard InChI is InChI=1S/C11H21N5O2S/c1-15-11(3-5-13-15)19(17,18)14-4-2-8-16-9-6-12-7-10-16/h3,5,12,14H,2,4,6-10H2,1H3. The first-order valence-electron chi connectivity index (χ1n) is 6.50. The Kier molecular flexibility index (Phi) is 4.92. The average Bonchev–Trinajstić information content (AvgIpc) is 2.83. The number of hydrogen-bond donors (Lipinski definition) is 2. The highest BCUT2D eigenvalue weighted by molar-refractivity contribution is 7.89. The molecule has 0 bridgehead atoms. The number of aryl methyl sites for hydroxylation is 1. The van der Waals surface area contributed by atoms with Crippen LogP contribution in [0.4, 0.5) is 0 Å². The van der Waals surface area contributed by atoms with Gasteiger partial charge in [-0.2, -0.15) is 5.10 Å². The Morgan fingerprint density at radius 3 is 2.79 bits per heavy atom. The quantitative estimate of drug-likeness (QED) is 0.656. The monoisotopic (exact) mass is 287 g/mol. The fourth-order valence-corrected chi connectivity index (χ4v) is 3.34. The summed E-state index contributed by atoms with van der Waals surface area (Å²) in [4.78, 5) is 2.34. The van der Waals surface area contributed by atoms with Gasteiger partial charge in [0.1, 0.15) is 0 Å². The van der Waals surface area contributed by atoms with Gasteiger partial charge in [-0.05, 0) is 19.0 Å². The summed E-state index contributed by atoms with van der Waals surface area (Å²) in [5.41, 5.74) is 0. The normalized spacial score (nSPS) is 17.7. The van der Waals surface area contributed by atoms with Crippen LogP contribution < -0.4 is 10.0 Å². The zero-order valence-electron chi connectivity index (χ0n) is 11.2. The van der Waals surface area contributed by atoms with E-state index in [0.29, 0.717) is 6.54 Å². The van der Waals surface area contributed by atoms with Crippen molar-refractivity contribution in [2.45, 2.75) is 11.4 Å². The molecular weight excluding hydrogens is 266 g/mol. The van der Waals surface area contributed by atoms with E-state index in [4.69, 9.17) is 0 Å².